The Morgan fingerprint density at radius 1 is 1.09 bits per heavy atom. The first-order valence-electron chi connectivity index (χ1n) is 16.3. The quantitative estimate of drug-likeness (QED) is 0.249. The summed E-state index contributed by atoms with van der Waals surface area (Å²) in [5.74, 6) is 0.668. The summed E-state index contributed by atoms with van der Waals surface area (Å²) in [6.07, 6.45) is 11.3. The summed E-state index contributed by atoms with van der Waals surface area (Å²) in [7, 11) is -3.50. The van der Waals surface area contributed by atoms with E-state index in [1.807, 2.05) is 49.8 Å². The largest absolute Gasteiger partial charge is 0.447 e. The van der Waals surface area contributed by atoms with Gasteiger partial charge in [0, 0.05) is 46.8 Å². The Labute approximate surface area is 269 Å². The number of aromatic nitrogens is 3. The topological polar surface area (TPSA) is 124 Å². The van der Waals surface area contributed by atoms with Gasteiger partial charge in [-0.25, -0.2) is 22.9 Å². The molecule has 5 aliphatic rings. The smallest absolute Gasteiger partial charge is 0.407 e. The zero-order valence-corrected chi connectivity index (χ0v) is 27.9. The van der Waals surface area contributed by atoms with Crippen molar-refractivity contribution in [1.82, 2.24) is 20.1 Å². The molecule has 3 heterocycles. The predicted molar refractivity (Wildman–Crippen MR) is 174 cm³/mol. The SMILES string of the molecule is Cc1cc(Nc2ccc(-c3cnc(C45CCC(NC(=O)OC(C)C)(CC4)CC5)s3)c(S(=O)(=O)C3CC3)c2)nn1C1CCCCO1. The zero-order valence-electron chi connectivity index (χ0n) is 26.3. The fraction of sp³-hybridized carbons (Fsp3) is 0.606. The van der Waals surface area contributed by atoms with Crippen molar-refractivity contribution in [3.8, 4) is 10.4 Å². The van der Waals surface area contributed by atoms with Crippen LogP contribution in [0.2, 0.25) is 0 Å². The van der Waals surface area contributed by atoms with Crippen LogP contribution in [0.3, 0.4) is 0 Å². The maximum atomic E-state index is 13.8. The molecule has 2 aromatic heterocycles. The Hall–Kier alpha value is -2.96. The molecular weight excluding hydrogens is 611 g/mol. The highest BCUT2D eigenvalue weighted by Crippen LogP contribution is 2.55. The van der Waals surface area contributed by atoms with Crippen LogP contribution in [0.4, 0.5) is 16.3 Å². The molecule has 2 bridgehead atoms. The number of hydrogen-bond donors (Lipinski definition) is 2. The molecule has 3 aromatic rings. The van der Waals surface area contributed by atoms with E-state index < -0.39 is 9.84 Å². The van der Waals surface area contributed by atoms with Gasteiger partial charge < -0.3 is 20.1 Å². The number of aryl methyl sites for hydroxylation is 1. The minimum Gasteiger partial charge on any atom is -0.447 e. The Bertz CT molecular complexity index is 1660. The number of carbonyl (C=O) groups is 1. The Morgan fingerprint density at radius 2 is 1.84 bits per heavy atom. The van der Waals surface area contributed by atoms with Crippen molar-refractivity contribution in [2.75, 3.05) is 11.9 Å². The molecular formula is C33H43N5O5S2. The molecule has 45 heavy (non-hydrogen) atoms. The van der Waals surface area contributed by atoms with Gasteiger partial charge in [0.2, 0.25) is 0 Å². The summed E-state index contributed by atoms with van der Waals surface area (Å²) in [4.78, 5) is 18.5. The van der Waals surface area contributed by atoms with Gasteiger partial charge in [0.1, 0.15) is 0 Å². The summed E-state index contributed by atoms with van der Waals surface area (Å²) in [6, 6.07) is 7.59. The molecule has 242 valence electrons. The normalized spacial score (nSPS) is 26.6. The number of amides is 1. The maximum absolute atomic E-state index is 13.8. The number of anilines is 2. The van der Waals surface area contributed by atoms with Gasteiger partial charge in [0.05, 0.1) is 26.1 Å². The number of thiazole rings is 1. The van der Waals surface area contributed by atoms with Crippen LogP contribution >= 0.6 is 11.3 Å². The lowest BCUT2D eigenvalue weighted by Crippen LogP contribution is -2.58. The van der Waals surface area contributed by atoms with Gasteiger partial charge in [0.25, 0.3) is 0 Å². The van der Waals surface area contributed by atoms with Gasteiger partial charge in [-0.1, -0.05) is 6.07 Å². The van der Waals surface area contributed by atoms with Crippen molar-refractivity contribution < 1.29 is 22.7 Å². The first-order chi connectivity index (χ1) is 21.6. The molecule has 2 N–H and O–H groups in total. The number of alkyl carbamates (subject to hydrolysis) is 1. The molecule has 1 saturated heterocycles. The number of fused-ring (bicyclic) bond motifs is 3. The summed E-state index contributed by atoms with van der Waals surface area (Å²) in [6.45, 7) is 6.47. The molecule has 8 rings (SSSR count). The predicted octanol–water partition coefficient (Wildman–Crippen LogP) is 7.17. The van der Waals surface area contributed by atoms with Gasteiger partial charge >= 0.3 is 6.09 Å². The average molecular weight is 654 g/mol. The van der Waals surface area contributed by atoms with Crippen molar-refractivity contribution in [1.29, 1.82) is 0 Å². The standard InChI is InChI=1S/C33H43N5O5S2/c1-21(2)43-31(39)36-33-14-11-32(12-15-33,13-16-33)30-34-20-26(44-30)25-10-7-23(19-27(25)45(40,41)24-8-9-24)35-28-18-22(3)38(37-28)29-6-4-5-17-42-29/h7,10,18-21,24,29H,4-6,8-9,11-17H2,1-3H3,(H,35,37)(H,36,39). The average Bonchev–Trinajstić information content (AvgIpc) is 3.67. The van der Waals surface area contributed by atoms with Gasteiger partial charge in [-0.15, -0.1) is 11.3 Å². The van der Waals surface area contributed by atoms with E-state index in [1.165, 1.54) is 0 Å². The summed E-state index contributed by atoms with van der Waals surface area (Å²) in [5, 5.41) is 12.0. The van der Waals surface area contributed by atoms with E-state index in [0.29, 0.717) is 34.8 Å². The molecule has 10 nitrogen and oxygen atoms in total. The van der Waals surface area contributed by atoms with Crippen LogP contribution in [0.1, 0.15) is 101 Å². The van der Waals surface area contributed by atoms with Gasteiger partial charge in [-0.05, 0) is 104 Å². The van der Waals surface area contributed by atoms with Gasteiger partial charge in [0.15, 0.2) is 21.9 Å². The second-order valence-electron chi connectivity index (χ2n) is 13.7. The van der Waals surface area contributed by atoms with Crippen molar-refractivity contribution >= 4 is 38.8 Å². The summed E-state index contributed by atoms with van der Waals surface area (Å²) in [5.41, 5.74) is 2.15. The number of carbonyl (C=O) groups excluding carboxylic acids is 1. The molecule has 1 aliphatic heterocycles. The summed E-state index contributed by atoms with van der Waals surface area (Å²) < 4.78 is 40.7. The van der Waals surface area contributed by atoms with Crippen LogP contribution in [0, 0.1) is 6.92 Å². The third-order valence-electron chi connectivity index (χ3n) is 10.1. The lowest BCUT2D eigenvalue weighted by Gasteiger charge is -2.52. The molecule has 1 amide bonds. The van der Waals surface area contributed by atoms with Crippen LogP contribution in [0.5, 0.6) is 0 Å². The molecule has 1 aromatic carbocycles. The second kappa shape index (κ2) is 11.7. The van der Waals surface area contributed by atoms with E-state index in [4.69, 9.17) is 19.6 Å². The summed E-state index contributed by atoms with van der Waals surface area (Å²) >= 11 is 1.62. The second-order valence-corrected chi connectivity index (χ2v) is 16.9. The number of nitrogens with zero attached hydrogens (tertiary/aromatic N) is 3. The van der Waals surface area contributed by atoms with E-state index in [0.717, 1.165) is 80.0 Å². The van der Waals surface area contributed by atoms with Crippen molar-refractivity contribution in [3.63, 3.8) is 0 Å². The number of benzene rings is 1. The van der Waals surface area contributed by atoms with Crippen LogP contribution < -0.4 is 10.6 Å². The monoisotopic (exact) mass is 653 g/mol. The van der Waals surface area contributed by atoms with Crippen molar-refractivity contribution in [2.45, 2.75) is 125 Å². The molecule has 4 aliphatic carbocycles. The lowest BCUT2D eigenvalue weighted by atomic mass is 9.57. The van der Waals surface area contributed by atoms with Crippen LogP contribution in [0.25, 0.3) is 10.4 Å². The zero-order chi connectivity index (χ0) is 31.4. The first kappa shape index (κ1) is 30.7. The fourth-order valence-corrected chi connectivity index (χ4v) is 10.5. The number of ether oxygens (including phenoxy) is 2. The third-order valence-corrected chi connectivity index (χ3v) is 13.6. The molecule has 4 saturated carbocycles. The molecule has 0 radical (unpaired) electrons. The number of rotatable bonds is 9. The van der Waals surface area contributed by atoms with E-state index in [1.54, 1.807) is 17.4 Å². The maximum Gasteiger partial charge on any atom is 0.407 e. The van der Waals surface area contributed by atoms with Crippen LogP contribution in [-0.2, 0) is 24.7 Å². The minimum atomic E-state index is -3.50. The molecule has 0 spiro atoms. The Morgan fingerprint density at radius 3 is 2.51 bits per heavy atom. The third kappa shape index (κ3) is 6.01. The van der Waals surface area contributed by atoms with Crippen molar-refractivity contribution in [2.24, 2.45) is 0 Å². The molecule has 5 fully saturated rings. The Balaban J connectivity index is 1.12. The molecule has 12 heteroatoms. The van der Waals surface area contributed by atoms with E-state index in [2.05, 4.69) is 10.6 Å². The lowest BCUT2D eigenvalue weighted by molar-refractivity contribution is -0.0404. The van der Waals surface area contributed by atoms with Crippen LogP contribution in [-0.4, -0.2) is 52.8 Å². The van der Waals surface area contributed by atoms with E-state index in [-0.39, 0.29) is 34.6 Å². The highest BCUT2D eigenvalue weighted by Gasteiger charge is 2.51. The highest BCUT2D eigenvalue weighted by atomic mass is 32.2. The number of nitrogens with one attached hydrogen (secondary N) is 2. The van der Waals surface area contributed by atoms with Crippen LogP contribution in [0.15, 0.2) is 35.4 Å². The van der Waals surface area contributed by atoms with E-state index in [9.17, 15) is 13.2 Å². The molecule has 1 unspecified atom stereocenters. The number of hydrogen-bond acceptors (Lipinski definition) is 9. The molecule has 1 atom stereocenters. The van der Waals surface area contributed by atoms with Crippen molar-refractivity contribution in [3.05, 3.63) is 41.2 Å². The van der Waals surface area contributed by atoms with Gasteiger partial charge in [-0.2, -0.15) is 5.10 Å². The Kier molecular flexibility index (Phi) is 7.97. The fourth-order valence-electron chi connectivity index (χ4n) is 7.30. The highest BCUT2D eigenvalue weighted by molar-refractivity contribution is 7.92. The number of sulfone groups is 1. The first-order valence-corrected chi connectivity index (χ1v) is 18.7. The minimum absolute atomic E-state index is 0.0376. The van der Waals surface area contributed by atoms with E-state index >= 15 is 0 Å². The van der Waals surface area contributed by atoms with Gasteiger partial charge in [-0.3, -0.25) is 0 Å².